The predicted octanol–water partition coefficient (Wildman–Crippen LogP) is 4.48. The Hall–Kier alpha value is -3.34. The molecule has 1 N–H and O–H groups in total. The Balaban J connectivity index is 1.53. The van der Waals surface area contributed by atoms with Gasteiger partial charge in [0.25, 0.3) is 5.91 Å². The van der Waals surface area contributed by atoms with Gasteiger partial charge in [0.05, 0.1) is 35.7 Å². The van der Waals surface area contributed by atoms with E-state index in [0.717, 1.165) is 21.8 Å². The summed E-state index contributed by atoms with van der Waals surface area (Å²) in [5, 5.41) is 7.20. The molecule has 1 aromatic heterocycles. The lowest BCUT2D eigenvalue weighted by Crippen LogP contribution is -2.41. The highest BCUT2D eigenvalue weighted by Crippen LogP contribution is 2.48. The first kappa shape index (κ1) is 27.2. The molecule has 2 unspecified atom stereocenters. The highest BCUT2D eigenvalue weighted by atomic mass is 32.2. The van der Waals surface area contributed by atoms with Crippen molar-refractivity contribution in [1.29, 1.82) is 0 Å². The van der Waals surface area contributed by atoms with Gasteiger partial charge in [0.1, 0.15) is 5.60 Å². The molecule has 0 aliphatic carbocycles. The number of fused-ring (bicyclic) bond motifs is 3. The van der Waals surface area contributed by atoms with Gasteiger partial charge in [-0.1, -0.05) is 30.3 Å². The fourth-order valence-electron chi connectivity index (χ4n) is 4.97. The van der Waals surface area contributed by atoms with E-state index in [4.69, 9.17) is 14.6 Å². The number of carbonyl (C=O) groups is 2. The maximum atomic E-state index is 14.0. The number of aromatic nitrogens is 2. The second-order valence-electron chi connectivity index (χ2n) is 10.6. The Morgan fingerprint density at radius 3 is 2.51 bits per heavy atom. The number of rotatable bonds is 6. The molecule has 0 radical (unpaired) electrons. The topological polar surface area (TPSA) is 109 Å². The van der Waals surface area contributed by atoms with Gasteiger partial charge in [-0.25, -0.2) is 9.48 Å². The van der Waals surface area contributed by atoms with Crippen molar-refractivity contribution >= 4 is 23.2 Å². The van der Waals surface area contributed by atoms with Crippen LogP contribution in [0.5, 0.6) is 0 Å². The third-order valence-corrected chi connectivity index (χ3v) is 8.45. The van der Waals surface area contributed by atoms with Gasteiger partial charge < -0.3 is 24.2 Å². The van der Waals surface area contributed by atoms with Crippen LogP contribution in [-0.4, -0.2) is 69.7 Å². The average Bonchev–Trinajstić information content (AvgIpc) is 3.33. The minimum absolute atomic E-state index is 0.183. The van der Waals surface area contributed by atoms with E-state index in [1.165, 1.54) is 0 Å². The van der Waals surface area contributed by atoms with Crippen LogP contribution in [0.1, 0.15) is 54.9 Å². The molecule has 1 fully saturated rings. The third-order valence-electron chi connectivity index (χ3n) is 6.67. The zero-order chi connectivity index (χ0) is 27.6. The molecule has 3 heterocycles. The molecule has 9 nitrogen and oxygen atoms in total. The van der Waals surface area contributed by atoms with Gasteiger partial charge in [-0.3, -0.25) is 4.79 Å². The molecule has 2 amide bonds. The normalized spacial score (nSPS) is 18.7. The first-order valence-electron chi connectivity index (χ1n) is 13.3. The van der Waals surface area contributed by atoms with Gasteiger partial charge in [-0.05, 0) is 62.6 Å². The van der Waals surface area contributed by atoms with E-state index < -0.39 is 28.1 Å². The van der Waals surface area contributed by atoms with E-state index in [1.807, 2.05) is 80.1 Å². The number of nitrogens with zero attached hydrogens (tertiary/aromatic N) is 3. The van der Waals surface area contributed by atoms with Crippen LogP contribution in [0, 0.1) is 0 Å². The van der Waals surface area contributed by atoms with Gasteiger partial charge in [0.2, 0.25) is 0 Å². The second-order valence-corrected chi connectivity index (χ2v) is 12.2. The molecule has 5 rings (SSSR count). The number of hydrogen-bond acceptors (Lipinski definition) is 6. The zero-order valence-corrected chi connectivity index (χ0v) is 23.3. The van der Waals surface area contributed by atoms with E-state index in [2.05, 4.69) is 5.32 Å². The van der Waals surface area contributed by atoms with Gasteiger partial charge in [0, 0.05) is 26.1 Å². The monoisotopic (exact) mass is 550 g/mol. The molecule has 2 atom stereocenters. The molecule has 0 bridgehead atoms. The molecule has 206 valence electrons. The second kappa shape index (κ2) is 11.4. The first-order valence-corrected chi connectivity index (χ1v) is 14.5. The summed E-state index contributed by atoms with van der Waals surface area (Å²) < 4.78 is 26.6. The average molecular weight is 551 g/mol. The van der Waals surface area contributed by atoms with Gasteiger partial charge >= 0.3 is 6.09 Å². The quantitative estimate of drug-likeness (QED) is 0.358. The summed E-state index contributed by atoms with van der Waals surface area (Å²) in [5.74, 6) is -0.183. The number of benzene rings is 2. The van der Waals surface area contributed by atoms with Gasteiger partial charge in [-0.15, -0.1) is 0 Å². The number of amides is 2. The Labute approximate surface area is 231 Å². The Kier molecular flexibility index (Phi) is 7.97. The summed E-state index contributed by atoms with van der Waals surface area (Å²) >= 11 is -1.41. The highest BCUT2D eigenvalue weighted by molar-refractivity contribution is 7.92. The number of hydrogen-bond donors (Lipinski definition) is 1. The molecular weight excluding hydrogens is 516 g/mol. The lowest BCUT2D eigenvalue weighted by atomic mass is 9.98. The molecule has 2 aliphatic heterocycles. The predicted molar refractivity (Wildman–Crippen MR) is 148 cm³/mol. The van der Waals surface area contributed by atoms with Crippen LogP contribution in [0.2, 0.25) is 0 Å². The first-order chi connectivity index (χ1) is 18.7. The summed E-state index contributed by atoms with van der Waals surface area (Å²) in [6.45, 7) is 7.71. The summed E-state index contributed by atoms with van der Waals surface area (Å²) in [6, 6.07) is 17.3. The maximum absolute atomic E-state index is 14.0. The van der Waals surface area contributed by atoms with Crippen LogP contribution in [0.3, 0.4) is 0 Å². The van der Waals surface area contributed by atoms with Crippen molar-refractivity contribution in [2.75, 3.05) is 32.8 Å². The van der Waals surface area contributed by atoms with Crippen molar-refractivity contribution in [3.05, 3.63) is 65.9 Å². The SMILES string of the molecule is CC(C)(C)OC(=O)NCCCC1c2c(C(=O)N3CCOCC3)nn(-c3ccccc3)c2-c2ccccc2[S+]1[O-]. The number of carbonyl (C=O) groups excluding carboxylic acids is 2. The van der Waals surface area contributed by atoms with Crippen molar-refractivity contribution in [3.8, 4) is 16.9 Å². The molecule has 39 heavy (non-hydrogen) atoms. The third kappa shape index (κ3) is 5.83. The molecule has 1 saturated heterocycles. The fraction of sp³-hybridized carbons (Fsp3) is 0.414. The van der Waals surface area contributed by atoms with Crippen LogP contribution < -0.4 is 5.32 Å². The number of para-hydroxylation sites is 1. The minimum Gasteiger partial charge on any atom is -0.611 e. The lowest BCUT2D eigenvalue weighted by Gasteiger charge is -2.30. The molecule has 0 spiro atoms. The highest BCUT2D eigenvalue weighted by Gasteiger charge is 2.43. The van der Waals surface area contributed by atoms with E-state index in [-0.39, 0.29) is 5.91 Å². The molecule has 2 aliphatic rings. The number of morpholine rings is 1. The van der Waals surface area contributed by atoms with Crippen molar-refractivity contribution in [2.24, 2.45) is 0 Å². The molecule has 2 aromatic carbocycles. The van der Waals surface area contributed by atoms with E-state index in [0.29, 0.717) is 56.9 Å². The van der Waals surface area contributed by atoms with Crippen LogP contribution in [-0.2, 0) is 20.6 Å². The lowest BCUT2D eigenvalue weighted by molar-refractivity contribution is 0.0298. The number of ether oxygens (including phenoxy) is 2. The molecule has 10 heteroatoms. The van der Waals surface area contributed by atoms with E-state index in [9.17, 15) is 14.1 Å². The largest absolute Gasteiger partial charge is 0.611 e. The van der Waals surface area contributed by atoms with E-state index >= 15 is 0 Å². The standard InChI is InChI=1S/C29H34N4O5S/c1-29(2,3)38-28(35)30-15-9-14-23-24-25(27(34)32-16-18-37-19-17-32)31-33(20-10-5-4-6-11-20)26(24)21-12-7-8-13-22(21)39(23)36/h4-8,10-13,23H,9,14-19H2,1-3H3,(H,30,35). The Bertz CT molecular complexity index is 1330. The van der Waals surface area contributed by atoms with Crippen molar-refractivity contribution in [1.82, 2.24) is 20.0 Å². The number of alkyl carbamates (subject to hydrolysis) is 1. The van der Waals surface area contributed by atoms with Crippen LogP contribution >= 0.6 is 0 Å². The summed E-state index contributed by atoms with van der Waals surface area (Å²) in [5.41, 5.74) is 2.86. The number of nitrogens with one attached hydrogen (secondary N) is 1. The van der Waals surface area contributed by atoms with Crippen LogP contribution in [0.15, 0.2) is 59.5 Å². The van der Waals surface area contributed by atoms with E-state index in [1.54, 1.807) is 4.90 Å². The Morgan fingerprint density at radius 1 is 1.10 bits per heavy atom. The molecular formula is C29H34N4O5S. The van der Waals surface area contributed by atoms with Crippen molar-refractivity contribution in [2.45, 2.75) is 49.4 Å². The van der Waals surface area contributed by atoms with Gasteiger partial charge in [0.15, 0.2) is 15.8 Å². The zero-order valence-electron chi connectivity index (χ0n) is 22.5. The molecule has 0 saturated carbocycles. The van der Waals surface area contributed by atoms with Crippen LogP contribution in [0.4, 0.5) is 4.79 Å². The van der Waals surface area contributed by atoms with Crippen LogP contribution in [0.25, 0.3) is 16.9 Å². The smallest absolute Gasteiger partial charge is 0.407 e. The molecule has 3 aromatic rings. The summed E-state index contributed by atoms with van der Waals surface area (Å²) in [6.07, 6.45) is 0.561. The summed E-state index contributed by atoms with van der Waals surface area (Å²) in [4.78, 5) is 28.5. The minimum atomic E-state index is -1.41. The van der Waals surface area contributed by atoms with Crippen molar-refractivity contribution in [3.63, 3.8) is 0 Å². The fourth-order valence-corrected chi connectivity index (χ4v) is 6.68. The van der Waals surface area contributed by atoms with Gasteiger partial charge in [-0.2, -0.15) is 5.10 Å². The maximum Gasteiger partial charge on any atom is 0.407 e. The Morgan fingerprint density at radius 2 is 1.79 bits per heavy atom. The summed E-state index contributed by atoms with van der Waals surface area (Å²) in [7, 11) is 0. The van der Waals surface area contributed by atoms with Crippen molar-refractivity contribution < 1.29 is 23.6 Å².